The Labute approximate surface area is 103 Å². The van der Waals surface area contributed by atoms with Crippen LogP contribution >= 0.6 is 11.6 Å². The van der Waals surface area contributed by atoms with Crippen LogP contribution in [0.2, 0.25) is 5.02 Å². The first-order valence-electron chi connectivity index (χ1n) is 4.42. The predicted octanol–water partition coefficient (Wildman–Crippen LogP) is 3.30. The molecule has 0 bridgehead atoms. The molecule has 5 heteroatoms. The van der Waals surface area contributed by atoms with Crippen LogP contribution in [0.3, 0.4) is 0 Å². The molecule has 0 saturated heterocycles. The molecule has 0 radical (unpaired) electrons. The van der Waals surface area contributed by atoms with Gasteiger partial charge >= 0.3 is 0 Å². The summed E-state index contributed by atoms with van der Waals surface area (Å²) < 4.78 is 0. The molecule has 0 aliphatic carbocycles. The van der Waals surface area contributed by atoms with Crippen LogP contribution in [0.4, 0.5) is 0 Å². The highest BCUT2D eigenvalue weighted by Crippen LogP contribution is 2.21. The Bertz CT molecular complexity index is 526. The predicted molar refractivity (Wildman–Crippen MR) is 65.8 cm³/mol. The van der Waals surface area contributed by atoms with Crippen molar-refractivity contribution in [3.8, 4) is 0 Å². The molecule has 0 heterocycles. The normalized spacial score (nSPS) is 7.59. The van der Waals surface area contributed by atoms with Crippen molar-refractivity contribution in [3.63, 3.8) is 0 Å². The molecule has 0 fully saturated rings. The highest BCUT2D eigenvalue weighted by Gasteiger charge is 1.93. The fourth-order valence-electron chi connectivity index (χ4n) is 1.19. The van der Waals surface area contributed by atoms with Crippen molar-refractivity contribution in [2.24, 2.45) is 0 Å². The molecule has 2 rings (SSSR count). The molecule has 0 aromatic heterocycles. The Balaban J connectivity index is 0.000000366. The molecule has 0 saturated carbocycles. The summed E-state index contributed by atoms with van der Waals surface area (Å²) in [6.07, 6.45) is 1.50. The Kier molecular flexibility index (Phi) is 7.82. The van der Waals surface area contributed by atoms with Crippen molar-refractivity contribution in [1.29, 1.82) is 10.8 Å². The smallest absolute Gasteiger partial charge is 0.222 e. The van der Waals surface area contributed by atoms with E-state index in [9.17, 15) is 0 Å². The van der Waals surface area contributed by atoms with Gasteiger partial charge in [-0.25, -0.2) is 20.4 Å². The topological polar surface area (TPSA) is 81.8 Å². The summed E-state index contributed by atoms with van der Waals surface area (Å²) in [4.78, 5) is 16.7. The second-order valence-corrected chi connectivity index (χ2v) is 3.07. The Morgan fingerprint density at radius 2 is 1.35 bits per heavy atom. The third kappa shape index (κ3) is 5.40. The SMILES string of the molecule is Clc1cccc2ccccc12.N=C=O.N=C=O. The van der Waals surface area contributed by atoms with Gasteiger partial charge in [0.1, 0.15) is 0 Å². The van der Waals surface area contributed by atoms with E-state index < -0.39 is 0 Å². The van der Waals surface area contributed by atoms with Crippen LogP contribution in [0.5, 0.6) is 0 Å². The molecule has 0 unspecified atom stereocenters. The molecule has 0 amide bonds. The zero-order chi connectivity index (χ0) is 13.1. The zero-order valence-electron chi connectivity index (χ0n) is 8.74. The molecule has 17 heavy (non-hydrogen) atoms. The molecule has 86 valence electrons. The van der Waals surface area contributed by atoms with Crippen molar-refractivity contribution < 1.29 is 9.59 Å². The Hall–Kier alpha value is -2.25. The maximum atomic E-state index is 8.35. The van der Waals surface area contributed by atoms with Crippen molar-refractivity contribution in [3.05, 3.63) is 47.5 Å². The lowest BCUT2D eigenvalue weighted by Gasteiger charge is -1.97. The molecule has 2 N–H and O–H groups in total. The first kappa shape index (κ1) is 14.8. The second kappa shape index (κ2) is 9.01. The van der Waals surface area contributed by atoms with Gasteiger partial charge in [-0.15, -0.1) is 0 Å². The lowest BCUT2D eigenvalue weighted by atomic mass is 10.1. The first-order valence-corrected chi connectivity index (χ1v) is 4.80. The number of carbonyl (C=O) groups excluding carboxylic acids is 2. The van der Waals surface area contributed by atoms with E-state index in [0.717, 1.165) is 22.6 Å². The summed E-state index contributed by atoms with van der Waals surface area (Å²) in [5, 5.41) is 13.9. The number of isocyanates is 2. The summed E-state index contributed by atoms with van der Waals surface area (Å²) in [6.45, 7) is 0. The fraction of sp³-hybridized carbons (Fsp3) is 0. The van der Waals surface area contributed by atoms with Gasteiger partial charge in [-0.2, -0.15) is 0 Å². The number of rotatable bonds is 0. The number of hydrogen-bond donors (Lipinski definition) is 2. The molecule has 2 aromatic carbocycles. The van der Waals surface area contributed by atoms with Crippen LogP contribution in [-0.4, -0.2) is 12.2 Å². The molecular formula is C12H9ClN2O2. The summed E-state index contributed by atoms with van der Waals surface area (Å²) in [6, 6.07) is 14.0. The number of benzene rings is 2. The lowest BCUT2D eigenvalue weighted by Crippen LogP contribution is -1.70. The maximum absolute atomic E-state index is 8.35. The van der Waals surface area contributed by atoms with Gasteiger partial charge in [0.25, 0.3) is 0 Å². The van der Waals surface area contributed by atoms with Crippen LogP contribution in [0.15, 0.2) is 42.5 Å². The van der Waals surface area contributed by atoms with E-state index in [2.05, 4.69) is 12.1 Å². The van der Waals surface area contributed by atoms with E-state index in [1.165, 1.54) is 5.39 Å². The first-order chi connectivity index (χ1) is 8.21. The Morgan fingerprint density at radius 1 is 0.882 bits per heavy atom. The second-order valence-electron chi connectivity index (χ2n) is 2.67. The van der Waals surface area contributed by atoms with Gasteiger partial charge in [0, 0.05) is 10.4 Å². The fourth-order valence-corrected chi connectivity index (χ4v) is 1.43. The quantitative estimate of drug-likeness (QED) is 0.554. The van der Waals surface area contributed by atoms with Crippen LogP contribution < -0.4 is 0 Å². The zero-order valence-corrected chi connectivity index (χ0v) is 9.49. The van der Waals surface area contributed by atoms with Gasteiger partial charge < -0.3 is 0 Å². The number of halogens is 1. The summed E-state index contributed by atoms with van der Waals surface area (Å²) in [5.74, 6) is 0. The monoisotopic (exact) mass is 248 g/mol. The highest BCUT2D eigenvalue weighted by atomic mass is 35.5. The molecule has 0 aliphatic rings. The average molecular weight is 249 g/mol. The minimum absolute atomic E-state index is 0.750. The van der Waals surface area contributed by atoms with Crippen molar-refractivity contribution in [2.45, 2.75) is 0 Å². The van der Waals surface area contributed by atoms with Crippen LogP contribution in [0.25, 0.3) is 10.8 Å². The van der Waals surface area contributed by atoms with E-state index in [-0.39, 0.29) is 0 Å². The van der Waals surface area contributed by atoms with E-state index in [1.54, 1.807) is 0 Å². The van der Waals surface area contributed by atoms with Crippen LogP contribution in [0.1, 0.15) is 0 Å². The van der Waals surface area contributed by atoms with Gasteiger partial charge in [0.2, 0.25) is 12.2 Å². The molecule has 0 spiro atoms. The van der Waals surface area contributed by atoms with E-state index in [4.69, 9.17) is 32.0 Å². The average Bonchev–Trinajstić information content (AvgIpc) is 2.32. The molecule has 4 nitrogen and oxygen atoms in total. The molecular weight excluding hydrogens is 240 g/mol. The number of fused-ring (bicyclic) bond motifs is 1. The summed E-state index contributed by atoms with van der Waals surface area (Å²) in [7, 11) is 0. The van der Waals surface area contributed by atoms with Crippen molar-refractivity contribution in [2.75, 3.05) is 0 Å². The van der Waals surface area contributed by atoms with E-state index >= 15 is 0 Å². The summed E-state index contributed by atoms with van der Waals surface area (Å²) >= 11 is 5.96. The van der Waals surface area contributed by atoms with Gasteiger partial charge in [-0.1, -0.05) is 48.0 Å². The van der Waals surface area contributed by atoms with Crippen LogP contribution in [-0.2, 0) is 9.59 Å². The summed E-state index contributed by atoms with van der Waals surface area (Å²) in [5.41, 5.74) is 0. The van der Waals surface area contributed by atoms with Crippen LogP contribution in [0, 0.1) is 10.8 Å². The largest absolute Gasteiger partial charge is 0.231 e. The molecule has 0 aliphatic heterocycles. The third-order valence-electron chi connectivity index (χ3n) is 1.74. The molecule has 2 aromatic rings. The van der Waals surface area contributed by atoms with Crippen molar-refractivity contribution in [1.82, 2.24) is 0 Å². The van der Waals surface area contributed by atoms with Crippen molar-refractivity contribution >= 4 is 34.5 Å². The third-order valence-corrected chi connectivity index (χ3v) is 2.07. The van der Waals surface area contributed by atoms with Gasteiger partial charge in [-0.3, -0.25) is 0 Å². The Morgan fingerprint density at radius 3 is 1.88 bits per heavy atom. The minimum Gasteiger partial charge on any atom is -0.222 e. The van der Waals surface area contributed by atoms with Gasteiger partial charge in [-0.05, 0) is 11.5 Å². The standard InChI is InChI=1S/C10H7Cl.2CHNO/c11-10-7-3-5-8-4-1-2-6-9(8)10;2*2-1-3/h1-7H;2*2H. The van der Waals surface area contributed by atoms with Gasteiger partial charge in [0.15, 0.2) is 0 Å². The maximum Gasteiger partial charge on any atom is 0.231 e. The number of hydrogen-bond acceptors (Lipinski definition) is 4. The van der Waals surface area contributed by atoms with E-state index in [0.29, 0.717) is 0 Å². The van der Waals surface area contributed by atoms with E-state index in [1.807, 2.05) is 30.3 Å². The highest BCUT2D eigenvalue weighted by molar-refractivity contribution is 6.35. The molecule has 0 atom stereocenters. The minimum atomic E-state index is 0.750. The lowest BCUT2D eigenvalue weighted by molar-refractivity contribution is 0.562. The van der Waals surface area contributed by atoms with Gasteiger partial charge in [0.05, 0.1) is 0 Å². The number of nitrogens with one attached hydrogen (secondary N) is 2.